The highest BCUT2D eigenvalue weighted by atomic mass is 14.3. The Morgan fingerprint density at radius 2 is 1.40 bits per heavy atom. The number of nitriles is 3. The van der Waals surface area contributed by atoms with Crippen LogP contribution < -0.4 is 0 Å². The molecular formula is C17H10N3. The van der Waals surface area contributed by atoms with Crippen molar-refractivity contribution in [1.82, 2.24) is 0 Å². The average molecular weight is 256 g/mol. The molecule has 0 aliphatic rings. The van der Waals surface area contributed by atoms with Gasteiger partial charge in [0, 0.05) is 5.92 Å². The van der Waals surface area contributed by atoms with E-state index in [1.165, 1.54) is 6.07 Å². The molecule has 20 heavy (non-hydrogen) atoms. The van der Waals surface area contributed by atoms with E-state index in [0.717, 1.165) is 5.56 Å². The van der Waals surface area contributed by atoms with Gasteiger partial charge in [-0.15, -0.1) is 0 Å². The molecule has 0 fully saturated rings. The Morgan fingerprint density at radius 3 is 1.95 bits per heavy atom. The second kappa shape index (κ2) is 5.70. The second-order valence-electron chi connectivity index (χ2n) is 4.25. The molecule has 1 unspecified atom stereocenters. The van der Waals surface area contributed by atoms with Crippen molar-refractivity contribution < 1.29 is 0 Å². The molecule has 2 aromatic rings. The van der Waals surface area contributed by atoms with Crippen LogP contribution in [-0.4, -0.2) is 0 Å². The zero-order valence-electron chi connectivity index (χ0n) is 10.7. The average Bonchev–Trinajstić information content (AvgIpc) is 2.53. The van der Waals surface area contributed by atoms with Gasteiger partial charge in [-0.25, -0.2) is 0 Å². The zero-order valence-corrected chi connectivity index (χ0v) is 10.7. The Kier molecular flexibility index (Phi) is 3.80. The number of nitrogens with zero attached hydrogens (tertiary/aromatic N) is 3. The van der Waals surface area contributed by atoms with E-state index < -0.39 is 0 Å². The van der Waals surface area contributed by atoms with Crippen molar-refractivity contribution in [3.8, 4) is 18.2 Å². The molecular weight excluding hydrogens is 246 g/mol. The van der Waals surface area contributed by atoms with Gasteiger partial charge in [-0.2, -0.15) is 15.8 Å². The number of hydrogen-bond acceptors (Lipinski definition) is 3. The maximum Gasteiger partial charge on any atom is 0.101 e. The van der Waals surface area contributed by atoms with E-state index in [2.05, 4.69) is 13.0 Å². The summed E-state index contributed by atoms with van der Waals surface area (Å²) < 4.78 is 0. The van der Waals surface area contributed by atoms with Gasteiger partial charge in [0.2, 0.25) is 0 Å². The van der Waals surface area contributed by atoms with Crippen molar-refractivity contribution in [3.05, 3.63) is 77.2 Å². The largest absolute Gasteiger partial charge is 0.192 e. The summed E-state index contributed by atoms with van der Waals surface area (Å²) in [6, 6.07) is 18.6. The lowest BCUT2D eigenvalue weighted by Crippen LogP contribution is -2.04. The van der Waals surface area contributed by atoms with E-state index in [1.54, 1.807) is 6.07 Å². The first-order chi connectivity index (χ1) is 9.72. The summed E-state index contributed by atoms with van der Waals surface area (Å²) in [6.07, 6.45) is 0. The van der Waals surface area contributed by atoms with Gasteiger partial charge >= 0.3 is 0 Å². The van der Waals surface area contributed by atoms with Gasteiger partial charge in [-0.3, -0.25) is 0 Å². The van der Waals surface area contributed by atoms with Crippen molar-refractivity contribution in [2.24, 2.45) is 0 Å². The van der Waals surface area contributed by atoms with Crippen LogP contribution in [0, 0.1) is 40.9 Å². The minimum atomic E-state index is -0.367. The van der Waals surface area contributed by atoms with Gasteiger partial charge < -0.3 is 0 Å². The highest BCUT2D eigenvalue weighted by Gasteiger charge is 2.20. The Morgan fingerprint density at radius 1 is 0.800 bits per heavy atom. The first kappa shape index (κ1) is 13.3. The Labute approximate surface area is 117 Å². The standard InChI is InChI=1S/C17H10N3/c1-12(13-5-3-2-4-6-13)17-15(10-19)8-7-14(9-18)16(17)11-20/h2-8,12H,1H2. The fourth-order valence-corrected chi connectivity index (χ4v) is 2.14. The predicted octanol–water partition coefficient (Wildman–Crippen LogP) is 3.27. The normalized spacial score (nSPS) is 10.9. The maximum absolute atomic E-state index is 9.31. The molecule has 0 N–H and O–H groups in total. The van der Waals surface area contributed by atoms with Gasteiger partial charge in [0.05, 0.1) is 22.8 Å². The first-order valence-electron chi connectivity index (χ1n) is 5.98. The molecule has 0 aliphatic heterocycles. The summed E-state index contributed by atoms with van der Waals surface area (Å²) >= 11 is 0. The fourth-order valence-electron chi connectivity index (χ4n) is 2.14. The zero-order chi connectivity index (χ0) is 14.5. The molecule has 93 valence electrons. The van der Waals surface area contributed by atoms with Crippen LogP contribution in [-0.2, 0) is 0 Å². The molecule has 0 bridgehead atoms. The number of hydrogen-bond donors (Lipinski definition) is 0. The molecule has 0 saturated heterocycles. The lowest BCUT2D eigenvalue weighted by atomic mass is 9.85. The van der Waals surface area contributed by atoms with E-state index >= 15 is 0 Å². The molecule has 0 aliphatic carbocycles. The highest BCUT2D eigenvalue weighted by Crippen LogP contribution is 2.30. The monoisotopic (exact) mass is 256 g/mol. The Hall–Kier alpha value is -3.09. The molecule has 3 heteroatoms. The summed E-state index contributed by atoms with van der Waals surface area (Å²) in [4.78, 5) is 0. The minimum absolute atomic E-state index is 0.232. The van der Waals surface area contributed by atoms with Crippen molar-refractivity contribution >= 4 is 0 Å². The van der Waals surface area contributed by atoms with E-state index in [0.29, 0.717) is 11.1 Å². The van der Waals surface area contributed by atoms with E-state index in [-0.39, 0.29) is 17.0 Å². The van der Waals surface area contributed by atoms with Crippen molar-refractivity contribution in [3.63, 3.8) is 0 Å². The van der Waals surface area contributed by atoms with Gasteiger partial charge in [0.25, 0.3) is 0 Å². The highest BCUT2D eigenvalue weighted by molar-refractivity contribution is 5.59. The number of rotatable bonds is 2. The minimum Gasteiger partial charge on any atom is -0.192 e. The van der Waals surface area contributed by atoms with Crippen molar-refractivity contribution in [2.75, 3.05) is 0 Å². The van der Waals surface area contributed by atoms with Crippen molar-refractivity contribution in [1.29, 1.82) is 15.8 Å². The SMILES string of the molecule is [CH2]C(c1ccccc1)c1c(C#N)ccc(C#N)c1C#N. The quantitative estimate of drug-likeness (QED) is 0.827. The van der Waals surface area contributed by atoms with E-state index in [1.807, 2.05) is 42.5 Å². The van der Waals surface area contributed by atoms with Crippen LogP contribution in [0.15, 0.2) is 42.5 Å². The molecule has 2 rings (SSSR count). The topological polar surface area (TPSA) is 71.4 Å². The van der Waals surface area contributed by atoms with Crippen LogP contribution in [0.5, 0.6) is 0 Å². The summed E-state index contributed by atoms with van der Waals surface area (Å²) in [5.74, 6) is -0.367. The van der Waals surface area contributed by atoms with E-state index in [4.69, 9.17) is 5.26 Å². The summed E-state index contributed by atoms with van der Waals surface area (Å²) in [5.41, 5.74) is 2.29. The third-order valence-corrected chi connectivity index (χ3v) is 3.15. The molecule has 1 radical (unpaired) electrons. The summed E-state index contributed by atoms with van der Waals surface area (Å²) in [7, 11) is 0. The second-order valence-corrected chi connectivity index (χ2v) is 4.25. The molecule has 0 heterocycles. The summed E-state index contributed by atoms with van der Waals surface area (Å²) in [6.45, 7) is 4.06. The van der Waals surface area contributed by atoms with Gasteiger partial charge in [0.15, 0.2) is 0 Å². The predicted molar refractivity (Wildman–Crippen MR) is 74.2 cm³/mol. The molecule has 2 aromatic carbocycles. The smallest absolute Gasteiger partial charge is 0.101 e. The Balaban J connectivity index is 2.71. The molecule has 0 amide bonds. The van der Waals surface area contributed by atoms with Crippen molar-refractivity contribution in [2.45, 2.75) is 5.92 Å². The lowest BCUT2D eigenvalue weighted by molar-refractivity contribution is 1.01. The maximum atomic E-state index is 9.31. The first-order valence-corrected chi connectivity index (χ1v) is 5.98. The third-order valence-electron chi connectivity index (χ3n) is 3.15. The van der Waals surface area contributed by atoms with Crippen LogP contribution in [0.1, 0.15) is 33.7 Å². The van der Waals surface area contributed by atoms with Gasteiger partial charge in [-0.05, 0) is 30.2 Å². The summed E-state index contributed by atoms with van der Waals surface area (Å²) in [5, 5.41) is 27.6. The van der Waals surface area contributed by atoms with Crippen LogP contribution in [0.25, 0.3) is 0 Å². The molecule has 1 atom stereocenters. The van der Waals surface area contributed by atoms with Crippen LogP contribution in [0.2, 0.25) is 0 Å². The van der Waals surface area contributed by atoms with Crippen LogP contribution in [0.4, 0.5) is 0 Å². The van der Waals surface area contributed by atoms with E-state index in [9.17, 15) is 10.5 Å². The third kappa shape index (κ3) is 2.24. The van der Waals surface area contributed by atoms with Crippen LogP contribution in [0.3, 0.4) is 0 Å². The lowest BCUT2D eigenvalue weighted by Gasteiger charge is -2.16. The molecule has 0 aromatic heterocycles. The number of benzene rings is 2. The van der Waals surface area contributed by atoms with Gasteiger partial charge in [0.1, 0.15) is 12.1 Å². The molecule has 3 nitrogen and oxygen atoms in total. The van der Waals surface area contributed by atoms with Gasteiger partial charge in [-0.1, -0.05) is 30.3 Å². The molecule has 0 spiro atoms. The van der Waals surface area contributed by atoms with Crippen LogP contribution >= 0.6 is 0 Å². The Bertz CT molecular complexity index is 756. The molecule has 0 saturated carbocycles. The fraction of sp³-hybridized carbons (Fsp3) is 0.0588.